The molecule has 4 heteroatoms. The van der Waals surface area contributed by atoms with Gasteiger partial charge in [0.25, 0.3) is 5.91 Å². The molecule has 0 bridgehead atoms. The van der Waals surface area contributed by atoms with Crippen LogP contribution in [0.15, 0.2) is 48.5 Å². The number of piperazine rings is 1. The van der Waals surface area contributed by atoms with E-state index in [-0.39, 0.29) is 5.91 Å². The normalized spacial score (nSPS) is 15.8. The molecule has 0 saturated carbocycles. The van der Waals surface area contributed by atoms with Crippen LogP contribution in [0, 0.1) is 6.92 Å². The lowest BCUT2D eigenvalue weighted by atomic mass is 10.1. The molecule has 0 atom stereocenters. The third-order valence-corrected chi connectivity index (χ3v) is 4.42. The van der Waals surface area contributed by atoms with Gasteiger partial charge in [-0.2, -0.15) is 0 Å². The number of halogens is 1. The molecule has 2 aromatic rings. The Morgan fingerprint density at radius 1 is 1.09 bits per heavy atom. The Labute approximate surface area is 136 Å². The Balaban J connectivity index is 1.64. The highest BCUT2D eigenvalue weighted by Crippen LogP contribution is 2.12. The lowest BCUT2D eigenvalue weighted by Crippen LogP contribution is -3.10. The molecule has 1 aliphatic rings. The Hall–Kier alpha value is -1.84. The van der Waals surface area contributed by atoms with Crippen LogP contribution in [0.4, 0.5) is 5.69 Å². The quantitative estimate of drug-likeness (QED) is 0.904. The maximum atomic E-state index is 12.5. The number of aryl methyl sites for hydroxylation is 1. The van der Waals surface area contributed by atoms with Crippen LogP contribution in [-0.2, 0) is 0 Å². The summed E-state index contributed by atoms with van der Waals surface area (Å²) in [5.74, 6) is 0.130. The molecule has 0 aromatic heterocycles. The smallest absolute Gasteiger partial charge is 0.254 e. The molecule has 1 N–H and O–H groups in total. The number of benzene rings is 2. The lowest BCUT2D eigenvalue weighted by Gasteiger charge is -2.32. The zero-order valence-electron chi connectivity index (χ0n) is 12.7. The van der Waals surface area contributed by atoms with E-state index in [2.05, 4.69) is 6.07 Å². The summed E-state index contributed by atoms with van der Waals surface area (Å²) in [5, 5.41) is 0.767. The predicted octanol–water partition coefficient (Wildman–Crippen LogP) is 2.32. The average molecular weight is 316 g/mol. The first-order valence-corrected chi connectivity index (χ1v) is 7.98. The first-order chi connectivity index (χ1) is 10.6. The largest absolute Gasteiger partial charge is 0.327 e. The van der Waals surface area contributed by atoms with Gasteiger partial charge in [-0.05, 0) is 31.2 Å². The van der Waals surface area contributed by atoms with Gasteiger partial charge in [0.1, 0.15) is 5.69 Å². The van der Waals surface area contributed by atoms with Crippen molar-refractivity contribution in [1.29, 1.82) is 0 Å². The van der Waals surface area contributed by atoms with E-state index >= 15 is 0 Å². The van der Waals surface area contributed by atoms with Gasteiger partial charge in [0.15, 0.2) is 0 Å². The van der Waals surface area contributed by atoms with E-state index in [1.165, 1.54) is 16.2 Å². The van der Waals surface area contributed by atoms with E-state index in [1.807, 2.05) is 54.3 Å². The van der Waals surface area contributed by atoms with Crippen molar-refractivity contribution in [2.75, 3.05) is 26.2 Å². The summed E-state index contributed by atoms with van der Waals surface area (Å²) in [6, 6.07) is 15.8. The number of carbonyl (C=O) groups excluding carboxylic acids is 1. The summed E-state index contributed by atoms with van der Waals surface area (Å²) >= 11 is 6.06. The van der Waals surface area contributed by atoms with Gasteiger partial charge in [-0.15, -0.1) is 0 Å². The zero-order valence-corrected chi connectivity index (χ0v) is 13.4. The average Bonchev–Trinajstić information content (AvgIpc) is 2.55. The molecule has 0 aliphatic carbocycles. The van der Waals surface area contributed by atoms with Crippen molar-refractivity contribution in [3.63, 3.8) is 0 Å². The molecule has 1 aliphatic heterocycles. The van der Waals surface area contributed by atoms with Crippen molar-refractivity contribution in [1.82, 2.24) is 4.90 Å². The van der Waals surface area contributed by atoms with E-state index in [9.17, 15) is 4.79 Å². The fourth-order valence-electron chi connectivity index (χ4n) is 2.86. The minimum atomic E-state index is 0.130. The number of nitrogens with one attached hydrogen (secondary N) is 1. The molecule has 3 nitrogen and oxygen atoms in total. The third kappa shape index (κ3) is 3.32. The second kappa shape index (κ2) is 6.51. The molecular weight excluding hydrogens is 296 g/mol. The molecule has 1 heterocycles. The Kier molecular flexibility index (Phi) is 4.46. The van der Waals surface area contributed by atoms with Crippen LogP contribution in [0.1, 0.15) is 15.9 Å². The van der Waals surface area contributed by atoms with Crippen molar-refractivity contribution >= 4 is 23.2 Å². The molecular formula is C18H20ClN2O+. The highest BCUT2D eigenvalue weighted by Gasteiger charge is 2.25. The second-order valence-electron chi connectivity index (χ2n) is 5.77. The third-order valence-electron chi connectivity index (χ3n) is 4.19. The molecule has 0 unspecified atom stereocenters. The van der Waals surface area contributed by atoms with Crippen molar-refractivity contribution in [3.8, 4) is 0 Å². The van der Waals surface area contributed by atoms with Crippen LogP contribution >= 0.6 is 11.6 Å². The first kappa shape index (κ1) is 15.1. The summed E-state index contributed by atoms with van der Waals surface area (Å²) in [5.41, 5.74) is 3.15. The number of quaternary nitrogens is 1. The molecule has 22 heavy (non-hydrogen) atoms. The summed E-state index contributed by atoms with van der Waals surface area (Å²) in [6.07, 6.45) is 0. The molecule has 1 saturated heterocycles. The van der Waals surface area contributed by atoms with E-state index in [4.69, 9.17) is 11.6 Å². The minimum absolute atomic E-state index is 0.130. The monoisotopic (exact) mass is 315 g/mol. The van der Waals surface area contributed by atoms with E-state index in [0.717, 1.165) is 36.8 Å². The van der Waals surface area contributed by atoms with Crippen molar-refractivity contribution in [2.24, 2.45) is 0 Å². The maximum absolute atomic E-state index is 12.5. The minimum Gasteiger partial charge on any atom is -0.327 e. The number of carbonyl (C=O) groups is 1. The van der Waals surface area contributed by atoms with Gasteiger partial charge in [-0.1, -0.05) is 35.4 Å². The number of hydrogen-bond acceptors (Lipinski definition) is 1. The highest BCUT2D eigenvalue weighted by atomic mass is 35.5. The summed E-state index contributed by atoms with van der Waals surface area (Å²) in [6.45, 7) is 5.40. The number of hydrogen-bond donors (Lipinski definition) is 1. The lowest BCUT2D eigenvalue weighted by molar-refractivity contribution is -0.837. The Morgan fingerprint density at radius 2 is 1.77 bits per heavy atom. The van der Waals surface area contributed by atoms with Crippen LogP contribution in [0.3, 0.4) is 0 Å². The van der Waals surface area contributed by atoms with Gasteiger partial charge in [0.2, 0.25) is 0 Å². The van der Waals surface area contributed by atoms with Gasteiger partial charge in [-0.25, -0.2) is 0 Å². The highest BCUT2D eigenvalue weighted by molar-refractivity contribution is 6.30. The summed E-state index contributed by atoms with van der Waals surface area (Å²) < 4.78 is 0. The van der Waals surface area contributed by atoms with Crippen LogP contribution in [0.25, 0.3) is 0 Å². The molecule has 2 aromatic carbocycles. The van der Waals surface area contributed by atoms with Crippen LogP contribution in [0.5, 0.6) is 0 Å². The molecule has 114 valence electrons. The van der Waals surface area contributed by atoms with Gasteiger partial charge < -0.3 is 4.90 Å². The molecule has 1 fully saturated rings. The molecule has 0 radical (unpaired) electrons. The van der Waals surface area contributed by atoms with E-state index in [0.29, 0.717) is 0 Å². The molecule has 1 amide bonds. The zero-order chi connectivity index (χ0) is 15.5. The second-order valence-corrected chi connectivity index (χ2v) is 6.21. The summed E-state index contributed by atoms with van der Waals surface area (Å²) in [7, 11) is 0. The Morgan fingerprint density at radius 3 is 2.41 bits per heavy atom. The molecule has 0 spiro atoms. The van der Waals surface area contributed by atoms with Crippen molar-refractivity contribution in [3.05, 3.63) is 64.7 Å². The van der Waals surface area contributed by atoms with Crippen molar-refractivity contribution in [2.45, 2.75) is 6.92 Å². The van der Waals surface area contributed by atoms with Crippen molar-refractivity contribution < 1.29 is 9.69 Å². The van der Waals surface area contributed by atoms with Crippen LogP contribution in [0.2, 0.25) is 5.02 Å². The molecule has 3 rings (SSSR count). The van der Waals surface area contributed by atoms with Gasteiger partial charge >= 0.3 is 0 Å². The van der Waals surface area contributed by atoms with Gasteiger partial charge in [-0.3, -0.25) is 9.69 Å². The van der Waals surface area contributed by atoms with Crippen LogP contribution in [-0.4, -0.2) is 37.0 Å². The first-order valence-electron chi connectivity index (χ1n) is 7.60. The van der Waals surface area contributed by atoms with Crippen LogP contribution < -0.4 is 4.90 Å². The fraction of sp³-hybridized carbons (Fsp3) is 0.278. The van der Waals surface area contributed by atoms with Gasteiger partial charge in [0.05, 0.1) is 26.2 Å². The Bertz CT molecular complexity index is 661. The summed E-state index contributed by atoms with van der Waals surface area (Å²) in [4.78, 5) is 15.8. The number of rotatable bonds is 2. The van der Waals surface area contributed by atoms with E-state index in [1.54, 1.807) is 0 Å². The number of nitrogens with zero attached hydrogens (tertiary/aromatic N) is 1. The maximum Gasteiger partial charge on any atom is 0.254 e. The SMILES string of the molecule is Cc1ccc(C(=O)N2CC[NH+](c3cccc(Cl)c3)CC2)cc1. The van der Waals surface area contributed by atoms with E-state index < -0.39 is 0 Å². The topological polar surface area (TPSA) is 24.8 Å². The van der Waals surface area contributed by atoms with Gasteiger partial charge in [0, 0.05) is 16.7 Å². The fourth-order valence-corrected chi connectivity index (χ4v) is 3.05. The standard InChI is InChI=1S/C18H19ClN2O/c1-14-5-7-15(8-6-14)18(22)21-11-9-20(10-12-21)17-4-2-3-16(19)13-17/h2-8,13H,9-12H2,1H3/p+1. The predicted molar refractivity (Wildman–Crippen MR) is 88.9 cm³/mol. The number of amides is 1.